The Morgan fingerprint density at radius 2 is 2.00 bits per heavy atom. The number of halogens is 3. The first-order valence-electron chi connectivity index (χ1n) is 8.61. The molecule has 148 valence electrons. The molecule has 3 heterocycles. The minimum atomic E-state index is -0.434. The van der Waals surface area contributed by atoms with Crippen LogP contribution in [0.5, 0.6) is 0 Å². The van der Waals surface area contributed by atoms with E-state index < -0.39 is 5.82 Å². The van der Waals surface area contributed by atoms with Gasteiger partial charge in [-0.05, 0) is 37.3 Å². The Kier molecular flexibility index (Phi) is 6.07. The summed E-state index contributed by atoms with van der Waals surface area (Å²) in [5, 5.41) is 3.40. The van der Waals surface area contributed by atoms with Crippen molar-refractivity contribution < 1.29 is 13.9 Å². The number of ether oxygens (including phenoxy) is 1. The van der Waals surface area contributed by atoms with E-state index in [1.165, 1.54) is 24.4 Å². The van der Waals surface area contributed by atoms with Gasteiger partial charge in [0.2, 0.25) is 0 Å². The molecule has 1 aromatic carbocycles. The second-order valence-electron chi connectivity index (χ2n) is 6.34. The van der Waals surface area contributed by atoms with Crippen molar-refractivity contribution in [2.45, 2.75) is 6.92 Å². The van der Waals surface area contributed by atoms with Crippen LogP contribution >= 0.6 is 24.0 Å². The van der Waals surface area contributed by atoms with Crippen LogP contribution in [-0.2, 0) is 4.74 Å². The highest BCUT2D eigenvalue weighted by Crippen LogP contribution is 2.27. The molecule has 3 aromatic rings. The largest absolute Gasteiger partial charge is 0.378 e. The summed E-state index contributed by atoms with van der Waals surface area (Å²) in [6.45, 7) is 4.07. The van der Waals surface area contributed by atoms with Crippen molar-refractivity contribution in [3.63, 3.8) is 0 Å². The van der Waals surface area contributed by atoms with Crippen molar-refractivity contribution in [2.24, 2.45) is 0 Å². The first kappa shape index (κ1) is 20.4. The van der Waals surface area contributed by atoms with Crippen molar-refractivity contribution in [1.29, 1.82) is 0 Å². The fourth-order valence-electron chi connectivity index (χ4n) is 3.19. The van der Waals surface area contributed by atoms with Gasteiger partial charge in [-0.25, -0.2) is 9.37 Å². The minimum absolute atomic E-state index is 0. The van der Waals surface area contributed by atoms with E-state index in [2.05, 4.69) is 10.3 Å². The monoisotopic (exact) mass is 424 g/mol. The van der Waals surface area contributed by atoms with E-state index in [0.717, 1.165) is 5.69 Å². The number of carbonyl (C=O) groups excluding carboxylic acids is 1. The quantitative estimate of drug-likeness (QED) is 0.688. The number of amides is 1. The third-order valence-electron chi connectivity index (χ3n) is 4.57. The van der Waals surface area contributed by atoms with Gasteiger partial charge in [0.25, 0.3) is 5.91 Å². The van der Waals surface area contributed by atoms with Crippen molar-refractivity contribution in [2.75, 3.05) is 31.6 Å². The van der Waals surface area contributed by atoms with Gasteiger partial charge in [0.05, 0.1) is 30.6 Å². The third kappa shape index (κ3) is 3.78. The second kappa shape index (κ2) is 8.34. The normalized spacial score (nSPS) is 14.0. The van der Waals surface area contributed by atoms with Gasteiger partial charge in [0.15, 0.2) is 5.82 Å². The highest BCUT2D eigenvalue weighted by molar-refractivity contribution is 6.30. The van der Waals surface area contributed by atoms with Crippen LogP contribution in [0.15, 0.2) is 36.5 Å². The first-order valence-corrected chi connectivity index (χ1v) is 8.98. The Morgan fingerprint density at radius 1 is 1.25 bits per heavy atom. The van der Waals surface area contributed by atoms with Crippen LogP contribution in [0.2, 0.25) is 5.02 Å². The van der Waals surface area contributed by atoms with E-state index in [-0.39, 0.29) is 24.0 Å². The maximum Gasteiger partial charge on any atom is 0.272 e. The number of benzene rings is 1. The van der Waals surface area contributed by atoms with Gasteiger partial charge in [-0.1, -0.05) is 11.6 Å². The first-order chi connectivity index (χ1) is 13.0. The van der Waals surface area contributed by atoms with Crippen LogP contribution < -0.4 is 5.32 Å². The summed E-state index contributed by atoms with van der Waals surface area (Å²) in [6.07, 6.45) is 1.52. The number of carbonyl (C=O) groups is 1. The van der Waals surface area contributed by atoms with Crippen LogP contribution in [0.25, 0.3) is 5.52 Å². The van der Waals surface area contributed by atoms with Crippen LogP contribution in [0.4, 0.5) is 15.9 Å². The Morgan fingerprint density at radius 3 is 2.75 bits per heavy atom. The van der Waals surface area contributed by atoms with Crippen LogP contribution in [0, 0.1) is 12.7 Å². The van der Waals surface area contributed by atoms with Gasteiger partial charge in [0, 0.05) is 23.8 Å². The summed E-state index contributed by atoms with van der Waals surface area (Å²) in [5.74, 6) is -0.0884. The highest BCUT2D eigenvalue weighted by atomic mass is 35.5. The summed E-state index contributed by atoms with van der Waals surface area (Å²) in [6, 6.07) is 8.02. The molecule has 1 saturated heterocycles. The van der Waals surface area contributed by atoms with Gasteiger partial charge in [-0.2, -0.15) is 0 Å². The SMILES string of the molecule is Cc1ccc2c(Nc3cc(Cl)ccc3F)ncc(C(=O)N3CCOCC3)n12.Cl. The molecule has 1 aliphatic rings. The summed E-state index contributed by atoms with van der Waals surface area (Å²) in [7, 11) is 0. The second-order valence-corrected chi connectivity index (χ2v) is 6.78. The molecule has 0 aliphatic carbocycles. The molecule has 0 saturated carbocycles. The molecule has 0 atom stereocenters. The lowest BCUT2D eigenvalue weighted by molar-refractivity contribution is 0.0297. The Labute approximate surface area is 172 Å². The molecule has 9 heteroatoms. The third-order valence-corrected chi connectivity index (χ3v) is 4.81. The number of hydrogen-bond acceptors (Lipinski definition) is 4. The molecule has 0 radical (unpaired) electrons. The number of morpholine rings is 1. The number of nitrogens with one attached hydrogen (secondary N) is 1. The smallest absolute Gasteiger partial charge is 0.272 e. The van der Waals surface area contributed by atoms with Gasteiger partial charge >= 0.3 is 0 Å². The van der Waals surface area contributed by atoms with Crippen molar-refractivity contribution in [1.82, 2.24) is 14.3 Å². The Balaban J connectivity index is 0.00000225. The Hall–Kier alpha value is -2.35. The predicted molar refractivity (Wildman–Crippen MR) is 109 cm³/mol. The summed E-state index contributed by atoms with van der Waals surface area (Å²) in [4.78, 5) is 19.1. The highest BCUT2D eigenvalue weighted by Gasteiger charge is 2.23. The van der Waals surface area contributed by atoms with E-state index >= 15 is 0 Å². The van der Waals surface area contributed by atoms with Crippen molar-refractivity contribution >= 4 is 46.9 Å². The van der Waals surface area contributed by atoms with E-state index in [9.17, 15) is 9.18 Å². The Bertz CT molecular complexity index is 1020. The lowest BCUT2D eigenvalue weighted by atomic mass is 10.3. The molecule has 1 N–H and O–H groups in total. The molecule has 1 aliphatic heterocycles. The molecule has 1 fully saturated rings. The van der Waals surface area contributed by atoms with E-state index in [1.54, 1.807) is 4.90 Å². The van der Waals surface area contributed by atoms with Crippen molar-refractivity contribution in [3.8, 4) is 0 Å². The number of fused-ring (bicyclic) bond motifs is 1. The number of aryl methyl sites for hydroxylation is 1. The molecule has 28 heavy (non-hydrogen) atoms. The van der Waals surface area contributed by atoms with Crippen LogP contribution in [0.3, 0.4) is 0 Å². The number of hydrogen-bond donors (Lipinski definition) is 1. The zero-order valence-corrected chi connectivity index (χ0v) is 16.7. The fourth-order valence-corrected chi connectivity index (χ4v) is 3.36. The number of rotatable bonds is 3. The standard InChI is InChI=1S/C19H18ClFN4O2.ClH/c1-12-2-5-16-18(23-15-10-13(20)3-4-14(15)21)22-11-17(25(12)16)19(26)24-6-8-27-9-7-24;/h2-5,10-11H,6-9H2,1H3,(H,22,23);1H. The molecule has 0 unspecified atom stereocenters. The summed E-state index contributed by atoms with van der Waals surface area (Å²) >= 11 is 5.97. The number of anilines is 2. The molecular formula is C19H19Cl2FN4O2. The predicted octanol–water partition coefficient (Wildman–Crippen LogP) is 4.07. The summed E-state index contributed by atoms with van der Waals surface area (Å²) in [5.41, 5.74) is 2.26. The molecule has 1 amide bonds. The lowest BCUT2D eigenvalue weighted by Gasteiger charge is -2.27. The topological polar surface area (TPSA) is 58.9 Å². The molecule has 0 spiro atoms. The van der Waals surface area contributed by atoms with E-state index in [4.69, 9.17) is 16.3 Å². The molecular weight excluding hydrogens is 406 g/mol. The number of aromatic nitrogens is 2. The zero-order valence-electron chi connectivity index (χ0n) is 15.1. The van der Waals surface area contributed by atoms with Crippen molar-refractivity contribution in [3.05, 3.63) is 58.8 Å². The van der Waals surface area contributed by atoms with Gasteiger partial charge in [-0.3, -0.25) is 4.79 Å². The minimum Gasteiger partial charge on any atom is -0.378 e. The van der Waals surface area contributed by atoms with Crippen LogP contribution in [-0.4, -0.2) is 46.5 Å². The molecule has 6 nitrogen and oxygen atoms in total. The average Bonchev–Trinajstić information content (AvgIpc) is 3.07. The number of nitrogens with zero attached hydrogens (tertiary/aromatic N) is 3. The fraction of sp³-hybridized carbons (Fsp3) is 0.263. The van der Waals surface area contributed by atoms with Gasteiger partial charge in [-0.15, -0.1) is 12.4 Å². The maximum atomic E-state index is 14.1. The maximum absolute atomic E-state index is 14.1. The van der Waals surface area contributed by atoms with Gasteiger partial charge < -0.3 is 19.4 Å². The molecule has 4 rings (SSSR count). The zero-order chi connectivity index (χ0) is 19.0. The molecule has 0 bridgehead atoms. The van der Waals surface area contributed by atoms with Gasteiger partial charge in [0.1, 0.15) is 11.5 Å². The summed E-state index contributed by atoms with van der Waals surface area (Å²) < 4.78 is 21.2. The van der Waals surface area contributed by atoms with E-state index in [1.807, 2.05) is 23.5 Å². The average molecular weight is 425 g/mol. The molecule has 2 aromatic heterocycles. The van der Waals surface area contributed by atoms with Crippen LogP contribution in [0.1, 0.15) is 16.2 Å². The van der Waals surface area contributed by atoms with E-state index in [0.29, 0.717) is 48.4 Å². The lowest BCUT2D eigenvalue weighted by Crippen LogP contribution is -2.41.